The van der Waals surface area contributed by atoms with E-state index in [1.165, 1.54) is 30.3 Å². The Kier molecular flexibility index (Phi) is 7.03. The highest BCUT2D eigenvalue weighted by Gasteiger charge is 2.27. The van der Waals surface area contributed by atoms with Gasteiger partial charge in [0.2, 0.25) is 5.78 Å². The molecule has 0 spiro atoms. The number of benzene rings is 4. The van der Waals surface area contributed by atoms with Crippen LogP contribution in [0.4, 0.5) is 10.1 Å². The molecule has 0 fully saturated rings. The third-order valence-corrected chi connectivity index (χ3v) is 6.48. The Balaban J connectivity index is 1.60. The molecule has 1 unspecified atom stereocenters. The highest BCUT2D eigenvalue weighted by Crippen LogP contribution is 2.25. The summed E-state index contributed by atoms with van der Waals surface area (Å²) >= 11 is 0. The first-order valence-corrected chi connectivity index (χ1v) is 12.1. The lowest BCUT2D eigenvalue weighted by atomic mass is 10.00. The van der Waals surface area contributed by atoms with Gasteiger partial charge in [0, 0.05) is 16.8 Å². The van der Waals surface area contributed by atoms with Crippen molar-refractivity contribution < 1.29 is 27.1 Å². The summed E-state index contributed by atoms with van der Waals surface area (Å²) in [5, 5.41) is 0. The van der Waals surface area contributed by atoms with Gasteiger partial charge in [-0.2, -0.15) is 0 Å². The molecule has 0 bridgehead atoms. The fourth-order valence-corrected chi connectivity index (χ4v) is 4.46. The molecular weight excluding hydrogens is 469 g/mol. The zero-order valence-corrected chi connectivity index (χ0v) is 19.1. The molecule has 0 aliphatic rings. The highest BCUT2D eigenvalue weighted by atomic mass is 32.2. The van der Waals surface area contributed by atoms with E-state index in [2.05, 4.69) is 4.72 Å². The lowest BCUT2D eigenvalue weighted by Gasteiger charge is -2.18. The molecule has 0 amide bonds. The number of rotatable bonds is 8. The van der Waals surface area contributed by atoms with Gasteiger partial charge in [-0.05, 0) is 42.5 Å². The molecule has 4 aromatic rings. The van der Waals surface area contributed by atoms with E-state index in [-0.39, 0.29) is 16.1 Å². The van der Waals surface area contributed by atoms with Crippen LogP contribution in [0.5, 0.6) is 0 Å². The molecule has 1 atom stereocenters. The average molecular weight is 490 g/mol. The van der Waals surface area contributed by atoms with Crippen molar-refractivity contribution in [1.29, 1.82) is 0 Å². The molecule has 0 saturated heterocycles. The Bertz CT molecular complexity index is 1440. The molecule has 0 aromatic heterocycles. The van der Waals surface area contributed by atoms with Gasteiger partial charge in [-0.25, -0.2) is 17.6 Å². The summed E-state index contributed by atoms with van der Waals surface area (Å²) in [6.07, 6.45) is -1.22. The zero-order chi connectivity index (χ0) is 24.8. The van der Waals surface area contributed by atoms with Crippen molar-refractivity contribution in [3.63, 3.8) is 0 Å². The van der Waals surface area contributed by atoms with E-state index in [0.717, 1.165) is 18.2 Å². The number of ether oxygens (including phenoxy) is 1. The summed E-state index contributed by atoms with van der Waals surface area (Å²) in [4.78, 5) is 26.0. The molecule has 4 aromatic carbocycles. The van der Waals surface area contributed by atoms with Crippen LogP contribution in [0.2, 0.25) is 0 Å². The average Bonchev–Trinajstić information content (AvgIpc) is 2.89. The molecule has 35 heavy (non-hydrogen) atoms. The maximum atomic E-state index is 13.2. The first kappa shape index (κ1) is 23.8. The number of carbonyl (C=O) groups is 2. The lowest BCUT2D eigenvalue weighted by Crippen LogP contribution is -2.21. The van der Waals surface area contributed by atoms with Crippen LogP contribution in [0.3, 0.4) is 0 Å². The van der Waals surface area contributed by atoms with Crippen molar-refractivity contribution in [2.24, 2.45) is 0 Å². The third kappa shape index (κ3) is 5.80. The summed E-state index contributed by atoms with van der Waals surface area (Å²) in [6.45, 7) is 0. The Hall–Kier alpha value is -4.30. The van der Waals surface area contributed by atoms with Crippen LogP contribution in [0.25, 0.3) is 0 Å². The number of sulfonamides is 1. The minimum atomic E-state index is -4.07. The number of nitrogens with one attached hydrogen (secondary N) is 1. The van der Waals surface area contributed by atoms with Crippen LogP contribution in [0.15, 0.2) is 114 Å². The SMILES string of the molecule is O=C(OC(C(=O)c1ccccc1)c1ccccc1)c1cccc(S(=O)(=O)Nc2ccc(F)cc2)c1. The summed E-state index contributed by atoms with van der Waals surface area (Å²) in [6, 6.07) is 27.1. The second kappa shape index (κ2) is 10.3. The largest absolute Gasteiger partial charge is 0.445 e. The van der Waals surface area contributed by atoms with E-state index in [1.807, 2.05) is 0 Å². The van der Waals surface area contributed by atoms with Gasteiger partial charge >= 0.3 is 5.97 Å². The molecule has 0 saturated carbocycles. The fourth-order valence-electron chi connectivity index (χ4n) is 3.35. The van der Waals surface area contributed by atoms with Crippen LogP contribution in [0.1, 0.15) is 32.4 Å². The molecule has 0 aliphatic carbocycles. The van der Waals surface area contributed by atoms with E-state index in [1.54, 1.807) is 60.7 Å². The molecule has 0 radical (unpaired) electrons. The van der Waals surface area contributed by atoms with Crippen LogP contribution in [0, 0.1) is 5.82 Å². The number of Topliss-reactive ketones (excluding diaryl/α,β-unsaturated/α-hetero) is 1. The Morgan fingerprint density at radius 1 is 0.743 bits per heavy atom. The van der Waals surface area contributed by atoms with Gasteiger partial charge in [0.05, 0.1) is 10.5 Å². The molecule has 6 nitrogen and oxygen atoms in total. The van der Waals surface area contributed by atoms with Gasteiger partial charge in [-0.1, -0.05) is 66.7 Å². The predicted octanol–water partition coefficient (Wildman–Crippen LogP) is 5.41. The molecular formula is C27H20FNO5S. The minimum absolute atomic E-state index is 0.0474. The number of hydrogen-bond donors (Lipinski definition) is 1. The first-order valence-electron chi connectivity index (χ1n) is 10.6. The van der Waals surface area contributed by atoms with Crippen molar-refractivity contribution in [2.75, 3.05) is 4.72 Å². The second-order valence-electron chi connectivity index (χ2n) is 7.57. The van der Waals surface area contributed by atoms with Gasteiger partial charge in [0.1, 0.15) is 5.82 Å². The quantitative estimate of drug-likeness (QED) is 0.264. The summed E-state index contributed by atoms with van der Waals surface area (Å²) in [5.74, 6) is -1.77. The Morgan fingerprint density at radius 3 is 2.00 bits per heavy atom. The van der Waals surface area contributed by atoms with Crippen LogP contribution >= 0.6 is 0 Å². The molecule has 0 aliphatic heterocycles. The number of esters is 1. The third-order valence-electron chi connectivity index (χ3n) is 5.10. The zero-order valence-electron chi connectivity index (χ0n) is 18.3. The lowest BCUT2D eigenvalue weighted by molar-refractivity contribution is 0.0280. The number of hydrogen-bond acceptors (Lipinski definition) is 5. The first-order chi connectivity index (χ1) is 16.8. The molecule has 1 N–H and O–H groups in total. The van der Waals surface area contributed by atoms with Crippen LogP contribution in [-0.4, -0.2) is 20.2 Å². The Labute approximate surface area is 202 Å². The van der Waals surface area contributed by atoms with Gasteiger partial charge < -0.3 is 4.74 Å². The van der Waals surface area contributed by atoms with Gasteiger partial charge in [0.25, 0.3) is 10.0 Å². The Morgan fingerprint density at radius 2 is 1.34 bits per heavy atom. The van der Waals surface area contributed by atoms with E-state index in [0.29, 0.717) is 11.1 Å². The van der Waals surface area contributed by atoms with E-state index in [9.17, 15) is 22.4 Å². The normalized spacial score (nSPS) is 11.9. The molecule has 0 heterocycles. The number of carbonyl (C=O) groups excluding carboxylic acids is 2. The van der Waals surface area contributed by atoms with Crippen molar-refractivity contribution in [1.82, 2.24) is 0 Å². The smallest absolute Gasteiger partial charge is 0.339 e. The number of anilines is 1. The molecule has 176 valence electrons. The minimum Gasteiger partial charge on any atom is -0.445 e. The monoisotopic (exact) mass is 489 g/mol. The van der Waals surface area contributed by atoms with Gasteiger partial charge in [-0.15, -0.1) is 0 Å². The molecule has 8 heteroatoms. The number of halogens is 1. The van der Waals surface area contributed by atoms with Crippen LogP contribution in [-0.2, 0) is 14.8 Å². The maximum absolute atomic E-state index is 13.2. The summed E-state index contributed by atoms with van der Waals surface area (Å²) in [5.41, 5.74) is 0.969. The van der Waals surface area contributed by atoms with Crippen molar-refractivity contribution >= 4 is 27.5 Å². The molecule has 4 rings (SSSR count). The van der Waals surface area contributed by atoms with Crippen molar-refractivity contribution in [3.05, 3.63) is 132 Å². The topological polar surface area (TPSA) is 89.5 Å². The van der Waals surface area contributed by atoms with Gasteiger partial charge in [-0.3, -0.25) is 9.52 Å². The van der Waals surface area contributed by atoms with E-state index < -0.39 is 33.7 Å². The predicted molar refractivity (Wildman–Crippen MR) is 129 cm³/mol. The van der Waals surface area contributed by atoms with Crippen LogP contribution < -0.4 is 4.72 Å². The van der Waals surface area contributed by atoms with Crippen molar-refractivity contribution in [3.8, 4) is 0 Å². The van der Waals surface area contributed by atoms with Crippen molar-refractivity contribution in [2.45, 2.75) is 11.0 Å². The highest BCUT2D eigenvalue weighted by molar-refractivity contribution is 7.92. The van der Waals surface area contributed by atoms with Gasteiger partial charge in [0.15, 0.2) is 6.10 Å². The fraction of sp³-hybridized carbons (Fsp3) is 0.0370. The number of ketones is 1. The summed E-state index contributed by atoms with van der Waals surface area (Å²) in [7, 11) is -4.07. The second-order valence-corrected chi connectivity index (χ2v) is 9.25. The maximum Gasteiger partial charge on any atom is 0.339 e. The summed E-state index contributed by atoms with van der Waals surface area (Å²) < 4.78 is 46.6. The van der Waals surface area contributed by atoms with E-state index in [4.69, 9.17) is 4.74 Å². The standard InChI is InChI=1S/C27H20FNO5S/c28-22-14-16-23(17-15-22)29-35(32,33)24-13-7-12-21(18-24)27(31)34-26(20-10-5-2-6-11-20)25(30)19-8-3-1-4-9-19/h1-18,26,29H. The van der Waals surface area contributed by atoms with E-state index >= 15 is 0 Å².